The first-order valence-electron chi connectivity index (χ1n) is 6.94. The normalized spacial score (nSPS) is 11.3. The number of nitrogens with zero attached hydrogens (tertiary/aromatic N) is 1. The number of halogens is 1. The van der Waals surface area contributed by atoms with Gasteiger partial charge in [0.1, 0.15) is 0 Å². The van der Waals surface area contributed by atoms with E-state index in [4.69, 9.17) is 11.6 Å². The first-order chi connectivity index (χ1) is 10.6. The highest BCUT2D eigenvalue weighted by atomic mass is 35.5. The van der Waals surface area contributed by atoms with Crippen LogP contribution in [0.2, 0.25) is 5.02 Å². The zero-order valence-electron chi connectivity index (χ0n) is 13.0. The van der Waals surface area contributed by atoms with Gasteiger partial charge in [0, 0.05) is 16.1 Å². The maximum atomic E-state index is 12.5. The topological polar surface area (TPSA) is 80.4 Å². The van der Waals surface area contributed by atoms with Gasteiger partial charge >= 0.3 is 5.69 Å². The quantitative estimate of drug-likeness (QED) is 0.510. The number of carbonyl (C=O) groups is 1. The molecule has 0 atom stereocenters. The average molecular weight is 334 g/mol. The largest absolute Gasteiger partial charge is 0.502 e. The molecule has 0 aliphatic heterocycles. The molecule has 6 heteroatoms. The van der Waals surface area contributed by atoms with Crippen LogP contribution in [-0.2, 0) is 5.41 Å². The van der Waals surface area contributed by atoms with Gasteiger partial charge in [0.15, 0.2) is 5.78 Å². The van der Waals surface area contributed by atoms with Crippen LogP contribution in [-0.4, -0.2) is 15.8 Å². The summed E-state index contributed by atoms with van der Waals surface area (Å²) in [5.41, 5.74) is -0.415. The average Bonchev–Trinajstić information content (AvgIpc) is 2.45. The molecule has 2 aromatic carbocycles. The molecule has 0 unspecified atom stereocenters. The highest BCUT2D eigenvalue weighted by molar-refractivity contribution is 6.30. The Kier molecular flexibility index (Phi) is 4.43. The number of hydrogen-bond donors (Lipinski definition) is 1. The lowest BCUT2D eigenvalue weighted by atomic mass is 9.84. The third-order valence-corrected chi connectivity index (χ3v) is 3.74. The van der Waals surface area contributed by atoms with E-state index in [-0.39, 0.29) is 5.56 Å². The molecule has 0 heterocycles. The Balaban J connectivity index is 2.61. The number of aromatic hydroxyl groups is 1. The van der Waals surface area contributed by atoms with Gasteiger partial charge in [-0.15, -0.1) is 0 Å². The minimum atomic E-state index is -0.658. The fourth-order valence-electron chi connectivity index (χ4n) is 2.31. The Bertz CT molecular complexity index is 776. The molecule has 0 saturated carbocycles. The van der Waals surface area contributed by atoms with Crippen molar-refractivity contribution in [3.63, 3.8) is 0 Å². The zero-order valence-corrected chi connectivity index (χ0v) is 13.7. The fraction of sp³-hybridized carbons (Fsp3) is 0.235. The standard InChI is InChI=1S/C17H16ClNO4/c1-17(2,3)13-9-8-12(16(21)14(13)19(22)23)15(20)10-4-6-11(18)7-5-10/h4-9,21H,1-3H3. The van der Waals surface area contributed by atoms with Crippen LogP contribution in [0.1, 0.15) is 42.3 Å². The van der Waals surface area contributed by atoms with Crippen molar-refractivity contribution in [2.45, 2.75) is 26.2 Å². The van der Waals surface area contributed by atoms with Crippen molar-refractivity contribution in [2.75, 3.05) is 0 Å². The summed E-state index contributed by atoms with van der Waals surface area (Å²) in [7, 11) is 0. The van der Waals surface area contributed by atoms with Crippen LogP contribution in [0.4, 0.5) is 5.69 Å². The molecule has 2 rings (SSSR count). The second-order valence-corrected chi connectivity index (χ2v) is 6.64. The van der Waals surface area contributed by atoms with Gasteiger partial charge in [-0.05, 0) is 35.7 Å². The van der Waals surface area contributed by atoms with E-state index >= 15 is 0 Å². The lowest BCUT2D eigenvalue weighted by molar-refractivity contribution is -0.387. The summed E-state index contributed by atoms with van der Waals surface area (Å²) >= 11 is 5.78. The Labute approximate surface area is 138 Å². The molecule has 0 aromatic heterocycles. The molecule has 0 radical (unpaired) electrons. The molecule has 0 bridgehead atoms. The molecule has 5 nitrogen and oxygen atoms in total. The van der Waals surface area contributed by atoms with Crippen LogP contribution in [0, 0.1) is 10.1 Å². The van der Waals surface area contributed by atoms with Crippen LogP contribution >= 0.6 is 11.6 Å². The maximum Gasteiger partial charge on any atom is 0.315 e. The number of ketones is 1. The van der Waals surface area contributed by atoms with Crippen LogP contribution < -0.4 is 0 Å². The van der Waals surface area contributed by atoms with Crippen LogP contribution in [0.5, 0.6) is 5.75 Å². The predicted molar refractivity (Wildman–Crippen MR) is 88.3 cm³/mol. The molecule has 0 amide bonds. The number of nitro benzene ring substituents is 1. The molecular formula is C17H16ClNO4. The van der Waals surface area contributed by atoms with Gasteiger partial charge < -0.3 is 5.11 Å². The number of phenols is 1. The molecule has 23 heavy (non-hydrogen) atoms. The first kappa shape index (κ1) is 17.0. The summed E-state index contributed by atoms with van der Waals surface area (Å²) in [5.74, 6) is -1.11. The summed E-state index contributed by atoms with van der Waals surface area (Å²) < 4.78 is 0. The second kappa shape index (κ2) is 6.01. The molecule has 120 valence electrons. The summed E-state index contributed by atoms with van der Waals surface area (Å²) in [4.78, 5) is 23.2. The summed E-state index contributed by atoms with van der Waals surface area (Å²) in [6.07, 6.45) is 0. The number of carbonyl (C=O) groups excluding carboxylic acids is 1. The SMILES string of the molecule is CC(C)(C)c1ccc(C(=O)c2ccc(Cl)cc2)c(O)c1[N+](=O)[O-]. The number of phenolic OH excluding ortho intramolecular Hbond substituents is 1. The molecule has 0 spiro atoms. The van der Waals surface area contributed by atoms with E-state index in [2.05, 4.69) is 0 Å². The van der Waals surface area contributed by atoms with E-state index in [0.29, 0.717) is 16.1 Å². The van der Waals surface area contributed by atoms with Gasteiger partial charge in [-0.1, -0.05) is 38.4 Å². The molecule has 0 aliphatic rings. The molecule has 2 aromatic rings. The van der Waals surface area contributed by atoms with Crippen molar-refractivity contribution in [1.29, 1.82) is 0 Å². The van der Waals surface area contributed by atoms with Crippen molar-refractivity contribution in [2.24, 2.45) is 0 Å². The molecular weight excluding hydrogens is 318 g/mol. The zero-order chi connectivity index (χ0) is 17.4. The minimum Gasteiger partial charge on any atom is -0.502 e. The Morgan fingerprint density at radius 2 is 1.70 bits per heavy atom. The summed E-state index contributed by atoms with van der Waals surface area (Å²) in [6, 6.07) is 9.04. The lowest BCUT2D eigenvalue weighted by Crippen LogP contribution is -2.15. The predicted octanol–water partition coefficient (Wildman–Crippen LogP) is 4.48. The van der Waals surface area contributed by atoms with E-state index < -0.39 is 27.6 Å². The van der Waals surface area contributed by atoms with Crippen molar-refractivity contribution in [3.05, 3.63) is 68.2 Å². The number of hydrogen-bond acceptors (Lipinski definition) is 4. The Hall–Kier alpha value is -2.40. The highest BCUT2D eigenvalue weighted by Crippen LogP contribution is 2.40. The van der Waals surface area contributed by atoms with E-state index in [1.807, 2.05) is 0 Å². The van der Waals surface area contributed by atoms with Gasteiger partial charge in [-0.3, -0.25) is 14.9 Å². The molecule has 0 fully saturated rings. The van der Waals surface area contributed by atoms with Crippen LogP contribution in [0.3, 0.4) is 0 Å². The lowest BCUT2D eigenvalue weighted by Gasteiger charge is -2.20. The van der Waals surface area contributed by atoms with Crippen LogP contribution in [0.15, 0.2) is 36.4 Å². The summed E-state index contributed by atoms with van der Waals surface area (Å²) in [6.45, 7) is 5.40. The maximum absolute atomic E-state index is 12.5. The highest BCUT2D eigenvalue weighted by Gasteiger charge is 2.31. The van der Waals surface area contributed by atoms with E-state index in [0.717, 1.165) is 0 Å². The van der Waals surface area contributed by atoms with E-state index in [1.165, 1.54) is 24.3 Å². The molecule has 0 saturated heterocycles. The first-order valence-corrected chi connectivity index (χ1v) is 7.32. The van der Waals surface area contributed by atoms with E-state index in [9.17, 15) is 20.0 Å². The second-order valence-electron chi connectivity index (χ2n) is 6.20. The molecule has 0 aliphatic carbocycles. The van der Waals surface area contributed by atoms with Crippen molar-refractivity contribution < 1.29 is 14.8 Å². The van der Waals surface area contributed by atoms with Crippen LogP contribution in [0.25, 0.3) is 0 Å². The van der Waals surface area contributed by atoms with Gasteiger partial charge in [-0.25, -0.2) is 0 Å². The van der Waals surface area contributed by atoms with Gasteiger partial charge in [-0.2, -0.15) is 0 Å². The number of benzene rings is 2. The Morgan fingerprint density at radius 3 is 2.17 bits per heavy atom. The van der Waals surface area contributed by atoms with Crippen molar-refractivity contribution in [1.82, 2.24) is 0 Å². The fourth-order valence-corrected chi connectivity index (χ4v) is 2.44. The Morgan fingerprint density at radius 1 is 1.13 bits per heavy atom. The number of rotatable bonds is 3. The van der Waals surface area contributed by atoms with Gasteiger partial charge in [0.05, 0.1) is 10.5 Å². The molecule has 1 N–H and O–H groups in total. The minimum absolute atomic E-state index is 0.105. The van der Waals surface area contributed by atoms with Crippen molar-refractivity contribution in [3.8, 4) is 5.75 Å². The van der Waals surface area contributed by atoms with Gasteiger partial charge in [0.2, 0.25) is 5.75 Å². The number of nitro groups is 1. The third kappa shape index (κ3) is 3.35. The van der Waals surface area contributed by atoms with E-state index in [1.54, 1.807) is 32.9 Å². The smallest absolute Gasteiger partial charge is 0.315 e. The monoisotopic (exact) mass is 333 g/mol. The third-order valence-electron chi connectivity index (χ3n) is 3.49. The summed E-state index contributed by atoms with van der Waals surface area (Å²) in [5, 5.41) is 22.1. The van der Waals surface area contributed by atoms with Crippen molar-refractivity contribution >= 4 is 23.1 Å². The van der Waals surface area contributed by atoms with Gasteiger partial charge in [0.25, 0.3) is 0 Å².